The van der Waals surface area contributed by atoms with Crippen LogP contribution in [0.2, 0.25) is 5.02 Å². The van der Waals surface area contributed by atoms with Crippen molar-refractivity contribution in [3.05, 3.63) is 63.4 Å². The van der Waals surface area contributed by atoms with Crippen molar-refractivity contribution in [1.82, 2.24) is 19.3 Å². The summed E-state index contributed by atoms with van der Waals surface area (Å²) in [5.41, 5.74) is 1.84. The van der Waals surface area contributed by atoms with Gasteiger partial charge in [-0.3, -0.25) is 18.8 Å². The van der Waals surface area contributed by atoms with Crippen LogP contribution in [0.3, 0.4) is 0 Å². The minimum atomic E-state index is -0.291. The predicted molar refractivity (Wildman–Crippen MR) is 127 cm³/mol. The highest BCUT2D eigenvalue weighted by atomic mass is 35.5. The van der Waals surface area contributed by atoms with Crippen LogP contribution in [0.5, 0.6) is 5.75 Å². The van der Waals surface area contributed by atoms with Crippen LogP contribution >= 0.6 is 23.4 Å². The van der Waals surface area contributed by atoms with Gasteiger partial charge in [0.2, 0.25) is 5.91 Å². The van der Waals surface area contributed by atoms with Gasteiger partial charge >= 0.3 is 0 Å². The highest BCUT2D eigenvalue weighted by Gasteiger charge is 2.20. The van der Waals surface area contributed by atoms with Crippen LogP contribution in [0.4, 0.5) is 5.69 Å². The summed E-state index contributed by atoms with van der Waals surface area (Å²) in [6, 6.07) is 8.51. The zero-order valence-corrected chi connectivity index (χ0v) is 19.9. The molecule has 0 radical (unpaired) electrons. The number of aromatic nitrogens is 4. The number of carbonyl (C=O) groups excluding carboxylic acids is 1. The van der Waals surface area contributed by atoms with Crippen molar-refractivity contribution < 1.29 is 13.9 Å². The van der Waals surface area contributed by atoms with Crippen LogP contribution in [0.25, 0.3) is 11.0 Å². The summed E-state index contributed by atoms with van der Waals surface area (Å²) in [5, 5.41) is 8.10. The first-order valence-corrected chi connectivity index (χ1v) is 11.5. The first-order valence-electron chi connectivity index (χ1n) is 10.2. The molecule has 1 N–H and O–H groups in total. The molecule has 0 atom stereocenters. The van der Waals surface area contributed by atoms with Crippen molar-refractivity contribution in [2.45, 2.75) is 32.1 Å². The third kappa shape index (κ3) is 4.76. The van der Waals surface area contributed by atoms with Crippen LogP contribution in [0.1, 0.15) is 18.4 Å². The number of amides is 1. The molecule has 0 aliphatic rings. The number of aryl methyl sites for hydroxylation is 2. The summed E-state index contributed by atoms with van der Waals surface area (Å²) < 4.78 is 13.9. The Morgan fingerprint density at radius 2 is 2.15 bits per heavy atom. The van der Waals surface area contributed by atoms with E-state index in [1.165, 1.54) is 11.7 Å². The molecule has 0 fully saturated rings. The van der Waals surface area contributed by atoms with Gasteiger partial charge in [-0.25, -0.2) is 4.98 Å². The minimum absolute atomic E-state index is 0.0206. The van der Waals surface area contributed by atoms with E-state index in [0.29, 0.717) is 50.6 Å². The molecule has 3 heterocycles. The van der Waals surface area contributed by atoms with Crippen LogP contribution in [0.15, 0.2) is 51.0 Å². The maximum absolute atomic E-state index is 13.4. The number of ether oxygens (including phenoxy) is 1. The fourth-order valence-corrected chi connectivity index (χ4v) is 4.38. The van der Waals surface area contributed by atoms with E-state index in [4.69, 9.17) is 20.8 Å². The molecule has 172 valence electrons. The second-order valence-electron chi connectivity index (χ2n) is 7.14. The summed E-state index contributed by atoms with van der Waals surface area (Å²) in [5.74, 6) is 0.828. The number of anilines is 1. The smallest absolute Gasteiger partial charge is 0.280 e. The zero-order chi connectivity index (χ0) is 23.5. The molecule has 3 aromatic heterocycles. The average Bonchev–Trinajstić information content (AvgIpc) is 3.42. The first-order chi connectivity index (χ1) is 15.9. The second-order valence-corrected chi connectivity index (χ2v) is 8.52. The predicted octanol–water partition coefficient (Wildman–Crippen LogP) is 3.96. The third-order valence-electron chi connectivity index (χ3n) is 4.94. The minimum Gasteiger partial charge on any atom is -0.495 e. The van der Waals surface area contributed by atoms with E-state index in [2.05, 4.69) is 15.4 Å². The molecule has 9 nitrogen and oxygen atoms in total. The molecule has 11 heteroatoms. The van der Waals surface area contributed by atoms with E-state index in [0.717, 1.165) is 11.8 Å². The molecule has 33 heavy (non-hydrogen) atoms. The number of hydrogen-bond acceptors (Lipinski definition) is 7. The fraction of sp³-hybridized carbons (Fsp3) is 0.273. The van der Waals surface area contributed by atoms with Crippen LogP contribution < -0.4 is 15.6 Å². The molecule has 4 aromatic rings. The lowest BCUT2D eigenvalue weighted by Crippen LogP contribution is -2.26. The monoisotopic (exact) mass is 487 g/mol. The molecule has 4 rings (SSSR count). The van der Waals surface area contributed by atoms with Gasteiger partial charge in [0.15, 0.2) is 10.7 Å². The van der Waals surface area contributed by atoms with E-state index in [9.17, 15) is 9.59 Å². The van der Waals surface area contributed by atoms with Gasteiger partial charge in [0.25, 0.3) is 5.56 Å². The lowest BCUT2D eigenvalue weighted by molar-refractivity contribution is -0.113. The number of nitrogens with one attached hydrogen (secondary N) is 1. The number of methoxy groups -OCH3 is 1. The Morgan fingerprint density at radius 3 is 2.85 bits per heavy atom. The van der Waals surface area contributed by atoms with Crippen molar-refractivity contribution in [2.75, 3.05) is 18.2 Å². The lowest BCUT2D eigenvalue weighted by atomic mass is 10.3. The Bertz CT molecular complexity index is 1360. The summed E-state index contributed by atoms with van der Waals surface area (Å²) in [7, 11) is 1.51. The summed E-state index contributed by atoms with van der Waals surface area (Å²) in [6.45, 7) is 4.46. The number of nitrogens with zero attached hydrogens (tertiary/aromatic N) is 4. The SMILES string of the molecule is CCn1nc(C)c2nc(SCC(=O)Nc3cc(Cl)ccc3OC)n(Cc3ccco3)c(=O)c21. The number of furan rings is 1. The molecular formula is C22H22ClN5O4S. The Labute approximate surface area is 198 Å². The van der Waals surface area contributed by atoms with Crippen molar-refractivity contribution in [3.63, 3.8) is 0 Å². The van der Waals surface area contributed by atoms with Gasteiger partial charge in [-0.2, -0.15) is 5.10 Å². The number of carbonyl (C=O) groups is 1. The fourth-order valence-electron chi connectivity index (χ4n) is 3.42. The summed E-state index contributed by atoms with van der Waals surface area (Å²) in [6.07, 6.45) is 1.55. The topological polar surface area (TPSA) is 104 Å². The maximum atomic E-state index is 13.4. The Balaban J connectivity index is 1.65. The molecule has 0 saturated carbocycles. The van der Waals surface area contributed by atoms with Gasteiger partial charge in [0, 0.05) is 11.6 Å². The van der Waals surface area contributed by atoms with Gasteiger partial charge in [0.05, 0.1) is 37.1 Å². The number of fused-ring (bicyclic) bond motifs is 1. The summed E-state index contributed by atoms with van der Waals surface area (Å²) in [4.78, 5) is 30.8. The van der Waals surface area contributed by atoms with Crippen LogP contribution in [-0.4, -0.2) is 38.1 Å². The lowest BCUT2D eigenvalue weighted by Gasteiger charge is -2.13. The van der Waals surface area contributed by atoms with Gasteiger partial charge in [-0.1, -0.05) is 23.4 Å². The molecule has 0 spiro atoms. The Hall–Kier alpha value is -3.24. The molecule has 0 saturated heterocycles. The number of benzene rings is 1. The van der Waals surface area contributed by atoms with Crippen molar-refractivity contribution in [2.24, 2.45) is 0 Å². The Kier molecular flexibility index (Phi) is 6.75. The number of rotatable bonds is 8. The van der Waals surface area contributed by atoms with Crippen LogP contribution in [-0.2, 0) is 17.9 Å². The van der Waals surface area contributed by atoms with Crippen molar-refractivity contribution >= 4 is 46.0 Å². The maximum Gasteiger partial charge on any atom is 0.280 e. The second kappa shape index (κ2) is 9.72. The molecule has 1 amide bonds. The number of thioether (sulfide) groups is 1. The number of hydrogen-bond donors (Lipinski definition) is 1. The Morgan fingerprint density at radius 1 is 1.33 bits per heavy atom. The molecule has 0 aliphatic heterocycles. The van der Waals surface area contributed by atoms with E-state index < -0.39 is 0 Å². The molecule has 1 aromatic carbocycles. The van der Waals surface area contributed by atoms with E-state index in [1.54, 1.807) is 41.3 Å². The van der Waals surface area contributed by atoms with Gasteiger partial charge < -0.3 is 14.5 Å². The van der Waals surface area contributed by atoms with Crippen molar-refractivity contribution in [3.8, 4) is 5.75 Å². The highest BCUT2D eigenvalue weighted by Crippen LogP contribution is 2.28. The van der Waals surface area contributed by atoms with Crippen molar-refractivity contribution in [1.29, 1.82) is 0 Å². The average molecular weight is 488 g/mol. The highest BCUT2D eigenvalue weighted by molar-refractivity contribution is 7.99. The van der Waals surface area contributed by atoms with Gasteiger partial charge in [0.1, 0.15) is 17.0 Å². The quantitative estimate of drug-likeness (QED) is 0.296. The van der Waals surface area contributed by atoms with E-state index in [1.807, 2.05) is 13.8 Å². The normalized spacial score (nSPS) is 11.2. The largest absolute Gasteiger partial charge is 0.495 e. The third-order valence-corrected chi connectivity index (χ3v) is 6.15. The van der Waals surface area contributed by atoms with E-state index >= 15 is 0 Å². The number of halogens is 1. The molecule has 0 unspecified atom stereocenters. The van der Waals surface area contributed by atoms with Gasteiger partial charge in [-0.15, -0.1) is 0 Å². The molecule has 0 bridgehead atoms. The molecular weight excluding hydrogens is 466 g/mol. The summed E-state index contributed by atoms with van der Waals surface area (Å²) >= 11 is 7.20. The first kappa shape index (κ1) is 22.9. The molecule has 0 aliphatic carbocycles. The zero-order valence-electron chi connectivity index (χ0n) is 18.3. The van der Waals surface area contributed by atoms with Gasteiger partial charge in [-0.05, 0) is 44.2 Å². The standard InChI is InChI=1S/C22H22ClN5O4S/c1-4-28-20-19(13(2)26-28)25-22(27(21(20)30)11-15-6-5-9-32-15)33-12-18(29)24-16-10-14(23)7-8-17(16)31-3/h5-10H,4,11-12H2,1-3H3,(H,24,29). The van der Waals surface area contributed by atoms with Crippen LogP contribution in [0, 0.1) is 6.92 Å². The van der Waals surface area contributed by atoms with E-state index in [-0.39, 0.29) is 23.8 Å².